The first-order valence-electron chi connectivity index (χ1n) is 7.16. The molecule has 5 heteroatoms. The SMILES string of the molecule is CCO/C=C/CO[O-].CC[N+](C)(C)C.CC[N+](C)(C)C. The molecule has 0 aliphatic heterocycles. The molecule has 0 aromatic heterocycles. The Labute approximate surface area is 126 Å². The summed E-state index contributed by atoms with van der Waals surface area (Å²) >= 11 is 0. The molecule has 0 aliphatic rings. The van der Waals surface area contributed by atoms with Gasteiger partial charge in [0.2, 0.25) is 0 Å². The van der Waals surface area contributed by atoms with Crippen LogP contribution >= 0.6 is 0 Å². The second kappa shape index (κ2) is 14.8. The lowest BCUT2D eigenvalue weighted by atomic mass is 10.6. The van der Waals surface area contributed by atoms with Crippen LogP contribution in [0.25, 0.3) is 0 Å². The van der Waals surface area contributed by atoms with Gasteiger partial charge in [0, 0.05) is 0 Å². The maximum atomic E-state index is 9.29. The molecule has 0 rings (SSSR count). The molecule has 20 heavy (non-hydrogen) atoms. The summed E-state index contributed by atoms with van der Waals surface area (Å²) in [5, 5.41) is 9.29. The van der Waals surface area contributed by atoms with Crippen LogP contribution in [0.3, 0.4) is 0 Å². The second-order valence-electron chi connectivity index (χ2n) is 6.32. The lowest BCUT2D eigenvalue weighted by Crippen LogP contribution is -2.33. The van der Waals surface area contributed by atoms with Crippen molar-refractivity contribution in [3.8, 4) is 0 Å². The monoisotopic (exact) mass is 293 g/mol. The summed E-state index contributed by atoms with van der Waals surface area (Å²) in [6, 6.07) is 0. The van der Waals surface area contributed by atoms with Crippen molar-refractivity contribution in [2.45, 2.75) is 20.8 Å². The standard InChI is InChI=1S/2C5H14N.C5H10O3/c2*1-5-6(2,3)4;1-2-7-4-3-5-8-6/h2*5H2,1-4H3;3-4,6H,2,5H2,1H3/q2*+1;/p-1/b;;4-3+. The maximum absolute atomic E-state index is 9.29. The van der Waals surface area contributed by atoms with E-state index in [1.807, 2.05) is 6.92 Å². The van der Waals surface area contributed by atoms with E-state index in [1.165, 1.54) is 25.4 Å². The first-order valence-corrected chi connectivity index (χ1v) is 7.16. The van der Waals surface area contributed by atoms with Crippen LogP contribution < -0.4 is 5.26 Å². The van der Waals surface area contributed by atoms with E-state index in [2.05, 4.69) is 61.0 Å². The Kier molecular flexibility index (Phi) is 18.0. The number of nitrogens with zero attached hydrogens (tertiary/aromatic N) is 2. The number of hydrogen-bond donors (Lipinski definition) is 0. The molecule has 0 unspecified atom stereocenters. The van der Waals surface area contributed by atoms with Gasteiger partial charge in [0.05, 0.1) is 74.9 Å². The first-order chi connectivity index (χ1) is 9.04. The minimum atomic E-state index is 0.0694. The summed E-state index contributed by atoms with van der Waals surface area (Å²) < 4.78 is 6.88. The molecule has 0 amide bonds. The largest absolute Gasteiger partial charge is 0.723 e. The van der Waals surface area contributed by atoms with E-state index in [9.17, 15) is 5.26 Å². The molecule has 0 aromatic carbocycles. The van der Waals surface area contributed by atoms with Gasteiger partial charge < -0.3 is 23.8 Å². The second-order valence-corrected chi connectivity index (χ2v) is 6.32. The summed E-state index contributed by atoms with van der Waals surface area (Å²) in [7, 11) is 13.1. The van der Waals surface area contributed by atoms with E-state index >= 15 is 0 Å². The third-order valence-corrected chi connectivity index (χ3v) is 2.42. The topological polar surface area (TPSA) is 41.5 Å². The minimum absolute atomic E-state index is 0.0694. The highest BCUT2D eigenvalue weighted by Gasteiger charge is 1.98. The van der Waals surface area contributed by atoms with E-state index in [1.54, 1.807) is 0 Å². The van der Waals surface area contributed by atoms with Crippen molar-refractivity contribution in [2.75, 3.05) is 68.6 Å². The molecule has 0 atom stereocenters. The molecule has 0 saturated carbocycles. The zero-order valence-corrected chi connectivity index (χ0v) is 15.1. The quantitative estimate of drug-likeness (QED) is 0.320. The van der Waals surface area contributed by atoms with Crippen molar-refractivity contribution in [3.05, 3.63) is 12.3 Å². The number of hydrogen-bond acceptors (Lipinski definition) is 3. The van der Waals surface area contributed by atoms with Gasteiger partial charge in [0.15, 0.2) is 0 Å². The molecule has 124 valence electrons. The predicted octanol–water partition coefficient (Wildman–Crippen LogP) is 1.25. The highest BCUT2D eigenvalue weighted by molar-refractivity contribution is 4.71. The van der Waals surface area contributed by atoms with Crippen molar-refractivity contribution in [3.63, 3.8) is 0 Å². The van der Waals surface area contributed by atoms with Crippen LogP contribution in [-0.2, 0) is 9.62 Å². The fraction of sp³-hybridized carbons (Fsp3) is 0.867. The number of quaternary nitrogens is 2. The predicted molar refractivity (Wildman–Crippen MR) is 83.9 cm³/mol. The normalized spacial score (nSPS) is 11.3. The maximum Gasteiger partial charge on any atom is 0.0845 e. The van der Waals surface area contributed by atoms with Crippen molar-refractivity contribution >= 4 is 0 Å². The van der Waals surface area contributed by atoms with Gasteiger partial charge in [-0.25, -0.2) is 0 Å². The van der Waals surface area contributed by atoms with E-state index in [4.69, 9.17) is 4.74 Å². The highest BCUT2D eigenvalue weighted by atomic mass is 17.1. The van der Waals surface area contributed by atoms with Crippen LogP contribution in [0.4, 0.5) is 0 Å². The van der Waals surface area contributed by atoms with Crippen LogP contribution in [-0.4, -0.2) is 77.6 Å². The van der Waals surface area contributed by atoms with Gasteiger partial charge in [-0.05, 0) is 26.8 Å². The molecule has 0 fully saturated rings. The molecule has 0 heterocycles. The van der Waals surface area contributed by atoms with E-state index in [0.29, 0.717) is 6.61 Å². The first kappa shape index (κ1) is 24.4. The van der Waals surface area contributed by atoms with Crippen LogP contribution in [0, 0.1) is 0 Å². The smallest absolute Gasteiger partial charge is 0.0845 e. The molecule has 0 N–H and O–H groups in total. The Morgan fingerprint density at radius 1 is 0.850 bits per heavy atom. The summed E-state index contributed by atoms with van der Waals surface area (Å²) in [5.41, 5.74) is 0. The molecule has 0 radical (unpaired) electrons. The van der Waals surface area contributed by atoms with E-state index < -0.39 is 0 Å². The van der Waals surface area contributed by atoms with Crippen molar-refractivity contribution in [2.24, 2.45) is 0 Å². The van der Waals surface area contributed by atoms with E-state index in [-0.39, 0.29) is 6.61 Å². The van der Waals surface area contributed by atoms with Gasteiger partial charge in [-0.2, -0.15) is 0 Å². The average Bonchev–Trinajstić information content (AvgIpc) is 2.35. The Hall–Kier alpha value is -0.620. The summed E-state index contributed by atoms with van der Waals surface area (Å²) in [6.07, 6.45) is 2.95. The summed E-state index contributed by atoms with van der Waals surface area (Å²) in [6.45, 7) is 9.33. The molecular weight excluding hydrogens is 256 g/mol. The fourth-order valence-electron chi connectivity index (χ4n) is 0.243. The Bertz CT molecular complexity index is 184. The van der Waals surface area contributed by atoms with E-state index in [0.717, 1.165) is 8.97 Å². The van der Waals surface area contributed by atoms with Crippen LogP contribution in [0.1, 0.15) is 20.8 Å². The lowest BCUT2D eigenvalue weighted by Gasteiger charge is -2.20. The summed E-state index contributed by atoms with van der Waals surface area (Å²) in [5.74, 6) is 0. The number of rotatable bonds is 6. The molecular formula is C15H37N2O3+. The molecule has 0 bridgehead atoms. The fourth-order valence-corrected chi connectivity index (χ4v) is 0.243. The van der Waals surface area contributed by atoms with Crippen molar-refractivity contribution < 1.29 is 23.8 Å². The average molecular weight is 293 g/mol. The Morgan fingerprint density at radius 3 is 1.40 bits per heavy atom. The van der Waals surface area contributed by atoms with Crippen molar-refractivity contribution in [1.29, 1.82) is 0 Å². The molecule has 0 aromatic rings. The zero-order chi connectivity index (χ0) is 16.7. The highest BCUT2D eigenvalue weighted by Crippen LogP contribution is 1.84. The van der Waals surface area contributed by atoms with Crippen LogP contribution in [0.2, 0.25) is 0 Å². The van der Waals surface area contributed by atoms with Gasteiger partial charge in [-0.3, -0.25) is 0 Å². The molecule has 5 nitrogen and oxygen atoms in total. The number of ether oxygens (including phenoxy) is 1. The molecule has 0 saturated heterocycles. The van der Waals surface area contributed by atoms with Crippen LogP contribution in [0.15, 0.2) is 12.3 Å². The third kappa shape index (κ3) is 43.3. The Morgan fingerprint density at radius 2 is 1.20 bits per heavy atom. The van der Waals surface area contributed by atoms with Crippen LogP contribution in [0.5, 0.6) is 0 Å². The third-order valence-electron chi connectivity index (χ3n) is 2.42. The lowest BCUT2D eigenvalue weighted by molar-refractivity contribution is -0.868. The van der Waals surface area contributed by atoms with Gasteiger partial charge in [0.1, 0.15) is 0 Å². The molecule has 0 aliphatic carbocycles. The van der Waals surface area contributed by atoms with Gasteiger partial charge in [0.25, 0.3) is 0 Å². The molecule has 0 spiro atoms. The van der Waals surface area contributed by atoms with Crippen molar-refractivity contribution in [1.82, 2.24) is 0 Å². The minimum Gasteiger partial charge on any atom is -0.723 e. The van der Waals surface area contributed by atoms with Gasteiger partial charge >= 0.3 is 0 Å². The summed E-state index contributed by atoms with van der Waals surface area (Å²) in [4.78, 5) is 3.47. The Balaban J connectivity index is -0.000000221. The van der Waals surface area contributed by atoms with Gasteiger partial charge in [-0.15, -0.1) is 0 Å². The zero-order valence-electron chi connectivity index (χ0n) is 15.1. The van der Waals surface area contributed by atoms with Gasteiger partial charge in [-0.1, -0.05) is 0 Å².